The van der Waals surface area contributed by atoms with Crippen molar-refractivity contribution in [2.75, 3.05) is 7.11 Å². The number of halogens is 1. The van der Waals surface area contributed by atoms with Crippen LogP contribution in [0.5, 0.6) is 0 Å². The molecule has 27 heavy (non-hydrogen) atoms. The Morgan fingerprint density at radius 1 is 1.11 bits per heavy atom. The maximum Gasteiger partial charge on any atom is 0.310 e. The highest BCUT2D eigenvalue weighted by atomic mass is 35.5. The van der Waals surface area contributed by atoms with Gasteiger partial charge in [0.05, 0.1) is 29.8 Å². The Kier molecular flexibility index (Phi) is 4.38. The van der Waals surface area contributed by atoms with Gasteiger partial charge in [0.15, 0.2) is 0 Å². The van der Waals surface area contributed by atoms with Crippen molar-refractivity contribution in [2.24, 2.45) is 0 Å². The van der Waals surface area contributed by atoms with Gasteiger partial charge in [0.25, 0.3) is 0 Å². The molecule has 0 saturated carbocycles. The van der Waals surface area contributed by atoms with Gasteiger partial charge >= 0.3 is 5.97 Å². The molecule has 0 aliphatic heterocycles. The first-order chi connectivity index (χ1) is 13.1. The SMILES string of the molecule is COC(=O)Cc1c(C(=O)c2cc3ccccc3cn2)[nH]c2c(Cl)cccc12. The summed E-state index contributed by atoms with van der Waals surface area (Å²) in [7, 11) is 1.32. The second-order valence-corrected chi connectivity index (χ2v) is 6.55. The fourth-order valence-corrected chi connectivity index (χ4v) is 3.39. The van der Waals surface area contributed by atoms with Crippen LogP contribution in [0.25, 0.3) is 21.7 Å². The van der Waals surface area contributed by atoms with Crippen LogP contribution >= 0.6 is 11.6 Å². The number of nitrogens with one attached hydrogen (secondary N) is 1. The highest BCUT2D eigenvalue weighted by Gasteiger charge is 2.23. The normalized spacial score (nSPS) is 11.0. The van der Waals surface area contributed by atoms with Gasteiger partial charge in [-0.1, -0.05) is 48.0 Å². The number of carbonyl (C=O) groups is 2. The molecule has 4 aromatic rings. The fraction of sp³-hybridized carbons (Fsp3) is 0.0952. The molecule has 0 fully saturated rings. The number of hydrogen-bond acceptors (Lipinski definition) is 4. The zero-order valence-electron chi connectivity index (χ0n) is 14.5. The minimum atomic E-state index is -0.434. The summed E-state index contributed by atoms with van der Waals surface area (Å²) >= 11 is 6.27. The summed E-state index contributed by atoms with van der Waals surface area (Å²) in [6.07, 6.45) is 1.63. The second kappa shape index (κ2) is 6.85. The van der Waals surface area contributed by atoms with Crippen molar-refractivity contribution in [3.05, 3.63) is 76.7 Å². The van der Waals surface area contributed by atoms with Crippen molar-refractivity contribution in [2.45, 2.75) is 6.42 Å². The van der Waals surface area contributed by atoms with Crippen LogP contribution in [-0.4, -0.2) is 28.8 Å². The molecule has 2 heterocycles. The largest absolute Gasteiger partial charge is 0.469 e. The smallest absolute Gasteiger partial charge is 0.310 e. The predicted molar refractivity (Wildman–Crippen MR) is 104 cm³/mol. The number of ether oxygens (including phenoxy) is 1. The van der Waals surface area contributed by atoms with E-state index >= 15 is 0 Å². The lowest BCUT2D eigenvalue weighted by molar-refractivity contribution is -0.139. The van der Waals surface area contributed by atoms with Gasteiger partial charge in [-0.25, -0.2) is 0 Å². The highest BCUT2D eigenvalue weighted by Crippen LogP contribution is 2.30. The molecule has 0 aliphatic carbocycles. The van der Waals surface area contributed by atoms with E-state index in [-0.39, 0.29) is 12.2 Å². The molecule has 0 saturated heterocycles. The monoisotopic (exact) mass is 378 g/mol. The lowest BCUT2D eigenvalue weighted by Gasteiger charge is -2.05. The summed E-state index contributed by atoms with van der Waals surface area (Å²) in [6, 6.07) is 14.7. The van der Waals surface area contributed by atoms with Crippen molar-refractivity contribution >= 4 is 45.0 Å². The first-order valence-corrected chi connectivity index (χ1v) is 8.71. The van der Waals surface area contributed by atoms with E-state index in [1.165, 1.54) is 7.11 Å². The van der Waals surface area contributed by atoms with Crippen LogP contribution in [0.15, 0.2) is 54.7 Å². The van der Waals surface area contributed by atoms with E-state index in [4.69, 9.17) is 16.3 Å². The summed E-state index contributed by atoms with van der Waals surface area (Å²) in [6.45, 7) is 0. The van der Waals surface area contributed by atoms with E-state index in [1.54, 1.807) is 24.4 Å². The number of nitrogens with zero attached hydrogens (tertiary/aromatic N) is 1. The zero-order chi connectivity index (χ0) is 19.0. The number of ketones is 1. The third-order valence-corrected chi connectivity index (χ3v) is 4.84. The molecule has 0 unspecified atom stereocenters. The van der Waals surface area contributed by atoms with Gasteiger partial charge in [-0.05, 0) is 17.5 Å². The minimum Gasteiger partial charge on any atom is -0.469 e. The van der Waals surface area contributed by atoms with E-state index in [0.717, 1.165) is 16.2 Å². The Balaban J connectivity index is 1.88. The number of methoxy groups -OCH3 is 1. The van der Waals surface area contributed by atoms with Crippen LogP contribution in [0.2, 0.25) is 5.02 Å². The van der Waals surface area contributed by atoms with Crippen molar-refractivity contribution in [1.29, 1.82) is 0 Å². The molecule has 2 aromatic heterocycles. The lowest BCUT2D eigenvalue weighted by Crippen LogP contribution is -2.11. The Bertz CT molecular complexity index is 1200. The average molecular weight is 379 g/mol. The number of carbonyl (C=O) groups excluding carboxylic acids is 2. The number of pyridine rings is 1. The topological polar surface area (TPSA) is 72.1 Å². The third-order valence-electron chi connectivity index (χ3n) is 4.53. The second-order valence-electron chi connectivity index (χ2n) is 6.14. The first kappa shape index (κ1) is 17.2. The Morgan fingerprint density at radius 2 is 1.89 bits per heavy atom. The quantitative estimate of drug-likeness (QED) is 0.424. The molecule has 1 N–H and O–H groups in total. The number of para-hydroxylation sites is 1. The molecule has 0 radical (unpaired) electrons. The molecule has 0 aliphatic rings. The van der Waals surface area contributed by atoms with Crippen molar-refractivity contribution in [3.8, 4) is 0 Å². The molecule has 0 bridgehead atoms. The molecule has 2 aromatic carbocycles. The standard InChI is InChI=1S/C21H15ClN2O3/c1-27-18(25)10-15-14-7-4-8-16(22)19(14)24-20(15)21(26)17-9-12-5-2-3-6-13(12)11-23-17/h2-9,11,24H,10H2,1H3. The van der Waals surface area contributed by atoms with Gasteiger partial charge in [0.2, 0.25) is 5.78 Å². The van der Waals surface area contributed by atoms with Gasteiger partial charge in [0, 0.05) is 22.5 Å². The molecular formula is C21H15ClN2O3. The van der Waals surface area contributed by atoms with Gasteiger partial charge in [-0.2, -0.15) is 0 Å². The zero-order valence-corrected chi connectivity index (χ0v) is 15.2. The molecule has 4 rings (SSSR count). The molecule has 6 heteroatoms. The summed E-state index contributed by atoms with van der Waals surface area (Å²) in [5.74, 6) is -0.733. The van der Waals surface area contributed by atoms with Crippen molar-refractivity contribution in [1.82, 2.24) is 9.97 Å². The number of aromatic nitrogens is 2. The van der Waals surface area contributed by atoms with Crippen LogP contribution < -0.4 is 0 Å². The number of benzene rings is 2. The van der Waals surface area contributed by atoms with Gasteiger partial charge in [-0.15, -0.1) is 0 Å². The summed E-state index contributed by atoms with van der Waals surface area (Å²) in [5.41, 5.74) is 1.76. The Labute approximate surface area is 159 Å². The minimum absolute atomic E-state index is 0.0362. The van der Waals surface area contributed by atoms with E-state index in [0.29, 0.717) is 27.5 Å². The number of esters is 1. The van der Waals surface area contributed by atoms with Crippen LogP contribution in [-0.2, 0) is 16.0 Å². The van der Waals surface area contributed by atoms with Crippen molar-refractivity contribution in [3.63, 3.8) is 0 Å². The van der Waals surface area contributed by atoms with Crippen molar-refractivity contribution < 1.29 is 14.3 Å². The Hall–Kier alpha value is -3.18. The van der Waals surface area contributed by atoms with Crippen LogP contribution in [0.1, 0.15) is 21.7 Å². The van der Waals surface area contributed by atoms with Crippen LogP contribution in [0, 0.1) is 0 Å². The molecule has 0 amide bonds. The number of rotatable bonds is 4. The van der Waals surface area contributed by atoms with E-state index in [2.05, 4.69) is 9.97 Å². The number of fused-ring (bicyclic) bond motifs is 2. The number of H-pyrrole nitrogens is 1. The number of hydrogen-bond donors (Lipinski definition) is 1. The molecule has 134 valence electrons. The van der Waals surface area contributed by atoms with Gasteiger partial charge in [-0.3, -0.25) is 14.6 Å². The number of aromatic amines is 1. The van der Waals surface area contributed by atoms with E-state index in [1.807, 2.05) is 30.3 Å². The highest BCUT2D eigenvalue weighted by molar-refractivity contribution is 6.35. The maximum absolute atomic E-state index is 13.2. The molecule has 5 nitrogen and oxygen atoms in total. The van der Waals surface area contributed by atoms with Gasteiger partial charge < -0.3 is 9.72 Å². The van der Waals surface area contributed by atoms with Crippen LogP contribution in [0.4, 0.5) is 0 Å². The predicted octanol–water partition coefficient (Wildman–Crippen LogP) is 4.32. The fourth-order valence-electron chi connectivity index (χ4n) is 3.17. The van der Waals surface area contributed by atoms with Gasteiger partial charge in [0.1, 0.15) is 5.69 Å². The van der Waals surface area contributed by atoms with E-state index < -0.39 is 5.97 Å². The maximum atomic E-state index is 13.2. The third kappa shape index (κ3) is 3.06. The summed E-state index contributed by atoms with van der Waals surface area (Å²) in [5, 5.41) is 3.06. The van der Waals surface area contributed by atoms with Crippen LogP contribution in [0.3, 0.4) is 0 Å². The van der Waals surface area contributed by atoms with E-state index in [9.17, 15) is 9.59 Å². The molecular weight excluding hydrogens is 364 g/mol. The summed E-state index contributed by atoms with van der Waals surface area (Å²) < 4.78 is 4.79. The summed E-state index contributed by atoms with van der Waals surface area (Å²) in [4.78, 5) is 32.4. The molecule has 0 spiro atoms. The lowest BCUT2D eigenvalue weighted by atomic mass is 10.0. The Morgan fingerprint density at radius 3 is 2.67 bits per heavy atom. The molecule has 0 atom stereocenters. The first-order valence-electron chi connectivity index (χ1n) is 8.34. The average Bonchev–Trinajstić information content (AvgIpc) is 3.06.